The molecule has 1 N–H and O–H groups in total. The van der Waals surface area contributed by atoms with E-state index in [2.05, 4.69) is 14.4 Å². The molecule has 2 amide bonds. The third-order valence-corrected chi connectivity index (χ3v) is 3.51. The van der Waals surface area contributed by atoms with E-state index < -0.39 is 28.5 Å². The monoisotopic (exact) mass is 290 g/mol. The van der Waals surface area contributed by atoms with Gasteiger partial charge in [0.2, 0.25) is 5.89 Å². The van der Waals surface area contributed by atoms with E-state index >= 15 is 0 Å². The van der Waals surface area contributed by atoms with E-state index in [0.717, 1.165) is 0 Å². The Morgan fingerprint density at radius 3 is 2.89 bits per heavy atom. The molecule has 0 spiro atoms. The molecule has 104 valence electrons. The zero-order valence-corrected chi connectivity index (χ0v) is 10.4. The molecule has 3 rings (SSSR count). The molecule has 2 saturated heterocycles. The highest BCUT2D eigenvalue weighted by Gasteiger charge is 2.49. The van der Waals surface area contributed by atoms with Crippen molar-refractivity contribution in [3.05, 3.63) is 12.2 Å². The smallest absolute Gasteiger partial charge is 0.337 e. The van der Waals surface area contributed by atoms with Crippen LogP contribution in [-0.2, 0) is 14.7 Å². The first-order valence-corrected chi connectivity index (χ1v) is 6.85. The van der Waals surface area contributed by atoms with Crippen LogP contribution in [0.4, 0.5) is 4.79 Å². The SMILES string of the molecule is O=C1N2C[C@@H](CC[C@H]2c2ncno2)N1OS(=O)(=O)O. The maximum Gasteiger partial charge on any atom is 0.418 e. The highest BCUT2D eigenvalue weighted by Crippen LogP contribution is 2.37. The van der Waals surface area contributed by atoms with Crippen molar-refractivity contribution in [1.82, 2.24) is 20.1 Å². The molecule has 0 saturated carbocycles. The molecule has 2 aliphatic rings. The highest BCUT2D eigenvalue weighted by molar-refractivity contribution is 7.80. The first kappa shape index (κ1) is 12.3. The number of aromatic nitrogens is 2. The van der Waals surface area contributed by atoms with E-state index in [-0.39, 0.29) is 6.54 Å². The Labute approximate surface area is 107 Å². The van der Waals surface area contributed by atoms with E-state index in [4.69, 9.17) is 9.08 Å². The Hall–Kier alpha value is -1.72. The van der Waals surface area contributed by atoms with Crippen LogP contribution in [0, 0.1) is 0 Å². The molecule has 10 nitrogen and oxygen atoms in total. The Kier molecular flexibility index (Phi) is 2.69. The second-order valence-electron chi connectivity index (χ2n) is 4.29. The van der Waals surface area contributed by atoms with Crippen LogP contribution in [0.2, 0.25) is 0 Å². The third kappa shape index (κ3) is 2.15. The van der Waals surface area contributed by atoms with Crippen molar-refractivity contribution in [3.8, 4) is 0 Å². The molecule has 0 unspecified atom stereocenters. The normalized spacial score (nSPS) is 27.1. The summed E-state index contributed by atoms with van der Waals surface area (Å²) in [4.78, 5) is 17.3. The van der Waals surface area contributed by atoms with Gasteiger partial charge >= 0.3 is 16.4 Å². The van der Waals surface area contributed by atoms with Gasteiger partial charge in [-0.2, -0.15) is 18.5 Å². The van der Waals surface area contributed by atoms with Crippen molar-refractivity contribution in [1.29, 1.82) is 0 Å². The lowest BCUT2D eigenvalue weighted by Crippen LogP contribution is -2.35. The second-order valence-corrected chi connectivity index (χ2v) is 5.29. The van der Waals surface area contributed by atoms with Crippen LogP contribution in [0.3, 0.4) is 0 Å². The third-order valence-electron chi connectivity index (χ3n) is 3.16. The number of carbonyl (C=O) groups excluding carboxylic acids is 1. The molecule has 1 aromatic rings. The standard InChI is InChI=1S/C8H10N4O6S/c13-8-11-3-5(12(8)18-19(14,15)16)1-2-6(11)7-9-4-10-17-7/h4-6H,1-3H2,(H,14,15,16)/t5-,6+/m1/s1. The minimum Gasteiger partial charge on any atom is -0.337 e. The zero-order chi connectivity index (χ0) is 13.6. The summed E-state index contributed by atoms with van der Waals surface area (Å²) in [5, 5.41) is 4.15. The summed E-state index contributed by atoms with van der Waals surface area (Å²) in [6, 6.07) is -1.47. The number of hydroxylamine groups is 2. The highest BCUT2D eigenvalue weighted by atomic mass is 32.3. The lowest BCUT2D eigenvalue weighted by Gasteiger charge is -2.27. The Bertz CT molecular complexity index is 586. The average molecular weight is 290 g/mol. The van der Waals surface area contributed by atoms with Gasteiger partial charge in [-0.3, -0.25) is 4.55 Å². The number of piperidine rings is 1. The van der Waals surface area contributed by atoms with Gasteiger partial charge in [0, 0.05) is 6.54 Å². The van der Waals surface area contributed by atoms with Crippen LogP contribution in [0.25, 0.3) is 0 Å². The largest absolute Gasteiger partial charge is 0.418 e. The van der Waals surface area contributed by atoms with Crippen molar-refractivity contribution in [3.63, 3.8) is 0 Å². The maximum atomic E-state index is 12.0. The molecule has 2 fully saturated rings. The van der Waals surface area contributed by atoms with E-state index in [9.17, 15) is 13.2 Å². The number of hydrogen-bond acceptors (Lipinski definition) is 7. The number of hydrogen-bond donors (Lipinski definition) is 1. The fourth-order valence-electron chi connectivity index (χ4n) is 2.42. The number of rotatable bonds is 3. The lowest BCUT2D eigenvalue weighted by molar-refractivity contribution is -0.0317. The fraction of sp³-hybridized carbons (Fsp3) is 0.625. The van der Waals surface area contributed by atoms with Gasteiger partial charge in [-0.25, -0.2) is 4.79 Å². The van der Waals surface area contributed by atoms with Crippen LogP contribution in [0.5, 0.6) is 0 Å². The van der Waals surface area contributed by atoms with E-state index in [0.29, 0.717) is 23.8 Å². The summed E-state index contributed by atoms with van der Waals surface area (Å²) in [7, 11) is -4.72. The molecule has 2 bridgehead atoms. The van der Waals surface area contributed by atoms with Crippen LogP contribution in [0.1, 0.15) is 24.8 Å². The molecule has 2 atom stereocenters. The summed E-state index contributed by atoms with van der Waals surface area (Å²) >= 11 is 0. The lowest BCUT2D eigenvalue weighted by atomic mass is 10.0. The fourth-order valence-corrected chi connectivity index (χ4v) is 2.81. The molecule has 19 heavy (non-hydrogen) atoms. The van der Waals surface area contributed by atoms with Crippen LogP contribution in [-0.4, -0.2) is 51.7 Å². The first-order valence-electron chi connectivity index (χ1n) is 5.49. The van der Waals surface area contributed by atoms with Crippen LogP contribution in [0.15, 0.2) is 10.9 Å². The molecule has 2 aliphatic heterocycles. The number of nitrogens with zero attached hydrogens (tertiary/aromatic N) is 4. The maximum absolute atomic E-state index is 12.0. The van der Waals surface area contributed by atoms with Gasteiger partial charge in [0.05, 0.1) is 6.04 Å². The summed E-state index contributed by atoms with van der Waals surface area (Å²) in [5.41, 5.74) is 0. The van der Waals surface area contributed by atoms with Crippen LogP contribution < -0.4 is 0 Å². The minimum atomic E-state index is -4.72. The van der Waals surface area contributed by atoms with Gasteiger partial charge < -0.3 is 9.42 Å². The van der Waals surface area contributed by atoms with Crippen molar-refractivity contribution in [2.45, 2.75) is 24.9 Å². The summed E-state index contributed by atoms with van der Waals surface area (Å²) in [5.74, 6) is 0.292. The van der Waals surface area contributed by atoms with Crippen molar-refractivity contribution < 1.29 is 26.6 Å². The van der Waals surface area contributed by atoms with Gasteiger partial charge in [-0.15, -0.1) is 4.28 Å². The number of carbonyl (C=O) groups is 1. The van der Waals surface area contributed by atoms with Gasteiger partial charge in [0.1, 0.15) is 6.04 Å². The predicted octanol–water partition coefficient (Wildman–Crippen LogP) is -0.255. The van der Waals surface area contributed by atoms with Gasteiger partial charge in [-0.05, 0) is 12.8 Å². The molecule has 1 aromatic heterocycles. The molecular weight excluding hydrogens is 280 g/mol. The van der Waals surface area contributed by atoms with E-state index in [1.54, 1.807) is 0 Å². The molecular formula is C8H10N4O6S. The van der Waals surface area contributed by atoms with Gasteiger partial charge in [-0.1, -0.05) is 5.16 Å². The van der Waals surface area contributed by atoms with Gasteiger partial charge in [0.25, 0.3) is 0 Å². The predicted molar refractivity (Wildman–Crippen MR) is 56.6 cm³/mol. The zero-order valence-electron chi connectivity index (χ0n) is 9.54. The quantitative estimate of drug-likeness (QED) is 0.755. The summed E-state index contributed by atoms with van der Waals surface area (Å²) < 4.78 is 39.3. The number of fused-ring (bicyclic) bond motifs is 2. The number of amides is 2. The molecule has 0 aliphatic carbocycles. The Morgan fingerprint density at radius 1 is 1.47 bits per heavy atom. The average Bonchev–Trinajstić information content (AvgIpc) is 2.93. The van der Waals surface area contributed by atoms with Crippen molar-refractivity contribution in [2.75, 3.05) is 6.54 Å². The summed E-state index contributed by atoms with van der Waals surface area (Å²) in [6.07, 6.45) is 2.28. The van der Waals surface area contributed by atoms with E-state index in [1.165, 1.54) is 11.2 Å². The molecule has 3 heterocycles. The summed E-state index contributed by atoms with van der Waals surface area (Å²) in [6.45, 7) is 0.279. The number of urea groups is 1. The topological polar surface area (TPSA) is 126 Å². The van der Waals surface area contributed by atoms with Gasteiger partial charge in [0.15, 0.2) is 6.33 Å². The van der Waals surface area contributed by atoms with Crippen molar-refractivity contribution in [2.24, 2.45) is 0 Å². The Balaban J connectivity index is 1.84. The Morgan fingerprint density at radius 2 is 2.26 bits per heavy atom. The molecule has 0 radical (unpaired) electrons. The molecule has 0 aromatic carbocycles. The van der Waals surface area contributed by atoms with E-state index in [1.807, 2.05) is 0 Å². The molecule has 11 heteroatoms. The first-order chi connectivity index (χ1) is 8.96. The second kappa shape index (κ2) is 4.15. The van der Waals surface area contributed by atoms with Crippen LogP contribution >= 0.6 is 0 Å². The minimum absolute atomic E-state index is 0.279. The van der Waals surface area contributed by atoms with Crippen molar-refractivity contribution >= 4 is 16.4 Å².